The molecule has 4 aromatic rings. The number of nitrogens with one attached hydrogen (secondary N) is 1. The number of para-hydroxylation sites is 1. The maximum atomic E-state index is 14.8. The van der Waals surface area contributed by atoms with Gasteiger partial charge < -0.3 is 10.1 Å². The normalized spacial score (nSPS) is 18.9. The second-order valence-electron chi connectivity index (χ2n) is 7.75. The predicted octanol–water partition coefficient (Wildman–Crippen LogP) is 3.32. The summed E-state index contributed by atoms with van der Waals surface area (Å²) in [6, 6.07) is 13.3. The minimum Gasteiger partial charge on any atom is -0.379 e. The van der Waals surface area contributed by atoms with Gasteiger partial charge in [-0.05, 0) is 42.7 Å². The molecule has 1 fully saturated rings. The molecule has 1 aromatic carbocycles. The lowest BCUT2D eigenvalue weighted by atomic mass is 9.93. The van der Waals surface area contributed by atoms with Crippen LogP contribution in [0.4, 0.5) is 4.39 Å². The van der Waals surface area contributed by atoms with Gasteiger partial charge in [0, 0.05) is 23.7 Å². The molecule has 0 spiro atoms. The van der Waals surface area contributed by atoms with Crippen LogP contribution in [0, 0.1) is 18.8 Å². The number of carbonyl (C=O) groups is 1. The number of fused-ring (bicyclic) bond motifs is 2. The van der Waals surface area contributed by atoms with E-state index in [1.54, 1.807) is 18.5 Å². The lowest BCUT2D eigenvalue weighted by molar-refractivity contribution is 0.0916. The Bertz CT molecular complexity index is 1250. The summed E-state index contributed by atoms with van der Waals surface area (Å²) < 4.78 is 21.7. The summed E-state index contributed by atoms with van der Waals surface area (Å²) >= 11 is 0. The predicted molar refractivity (Wildman–Crippen MR) is 111 cm³/mol. The molecule has 0 saturated carbocycles. The molecule has 6 nitrogen and oxygen atoms in total. The number of hydrogen-bond donors (Lipinski definition) is 1. The molecule has 0 unspecified atom stereocenters. The third kappa shape index (κ3) is 3.31. The van der Waals surface area contributed by atoms with Crippen molar-refractivity contribution >= 4 is 22.5 Å². The number of ether oxygens (including phenoxy) is 1. The van der Waals surface area contributed by atoms with E-state index in [1.165, 1.54) is 4.40 Å². The highest BCUT2D eigenvalue weighted by Gasteiger charge is 2.32. The standard InChI is InChI=1S/C23H21FN4O2/c1-14-6-7-20-27-21(22(24)28(20)11-14)23(29)26-19-13-30-12-16(19)10-15-8-9-25-18-5-3-2-4-17(15)18/h2-9,11,16,19H,10,12-13H2,1H3,(H,26,29)/t16-,19-/m1/s1. The highest BCUT2D eigenvalue weighted by atomic mass is 19.1. The quantitative estimate of drug-likeness (QED) is 0.567. The van der Waals surface area contributed by atoms with Gasteiger partial charge >= 0.3 is 0 Å². The number of nitrogens with zero attached hydrogens (tertiary/aromatic N) is 3. The molecular weight excluding hydrogens is 383 g/mol. The van der Waals surface area contributed by atoms with Crippen LogP contribution in [0.2, 0.25) is 0 Å². The van der Waals surface area contributed by atoms with Crippen LogP contribution < -0.4 is 5.32 Å². The first-order chi connectivity index (χ1) is 14.6. The Hall–Kier alpha value is -3.32. The van der Waals surface area contributed by atoms with Gasteiger partial charge in [-0.2, -0.15) is 4.39 Å². The lowest BCUT2D eigenvalue weighted by Crippen LogP contribution is -2.41. The van der Waals surface area contributed by atoms with Gasteiger partial charge in [0.05, 0.1) is 24.8 Å². The second kappa shape index (κ2) is 7.50. The molecule has 5 rings (SSSR count). The van der Waals surface area contributed by atoms with Crippen LogP contribution in [0.1, 0.15) is 21.6 Å². The average Bonchev–Trinajstić information content (AvgIpc) is 3.32. The summed E-state index contributed by atoms with van der Waals surface area (Å²) in [6.07, 6.45) is 4.17. The number of carbonyl (C=O) groups excluding carboxylic acids is 1. The Labute approximate surface area is 172 Å². The molecule has 152 valence electrons. The zero-order valence-electron chi connectivity index (χ0n) is 16.5. The van der Waals surface area contributed by atoms with Crippen LogP contribution in [-0.4, -0.2) is 39.5 Å². The average molecular weight is 404 g/mol. The number of imidazole rings is 1. The van der Waals surface area contributed by atoms with Crippen molar-refractivity contribution in [3.8, 4) is 0 Å². The van der Waals surface area contributed by atoms with Crippen LogP contribution in [-0.2, 0) is 11.2 Å². The second-order valence-corrected chi connectivity index (χ2v) is 7.75. The number of hydrogen-bond acceptors (Lipinski definition) is 4. The van der Waals surface area contributed by atoms with Crippen molar-refractivity contribution in [3.63, 3.8) is 0 Å². The van der Waals surface area contributed by atoms with Gasteiger partial charge in [-0.1, -0.05) is 24.3 Å². The van der Waals surface area contributed by atoms with Crippen molar-refractivity contribution in [2.24, 2.45) is 5.92 Å². The van der Waals surface area contributed by atoms with Gasteiger partial charge in [0.25, 0.3) is 5.91 Å². The molecule has 4 heterocycles. The first-order valence-corrected chi connectivity index (χ1v) is 9.95. The summed E-state index contributed by atoms with van der Waals surface area (Å²) in [7, 11) is 0. The highest BCUT2D eigenvalue weighted by molar-refractivity contribution is 5.93. The van der Waals surface area contributed by atoms with Gasteiger partial charge in [0.15, 0.2) is 5.69 Å². The molecule has 30 heavy (non-hydrogen) atoms. The number of aryl methyl sites for hydroxylation is 1. The number of amides is 1. The third-order valence-corrected chi connectivity index (χ3v) is 5.66. The van der Waals surface area contributed by atoms with E-state index in [-0.39, 0.29) is 17.7 Å². The zero-order valence-corrected chi connectivity index (χ0v) is 16.5. The molecule has 1 aliphatic rings. The summed E-state index contributed by atoms with van der Waals surface area (Å²) in [4.78, 5) is 21.4. The molecule has 3 aromatic heterocycles. The minimum atomic E-state index is -0.651. The van der Waals surface area contributed by atoms with Crippen molar-refractivity contribution in [1.29, 1.82) is 0 Å². The number of benzene rings is 1. The van der Waals surface area contributed by atoms with Crippen LogP contribution in [0.3, 0.4) is 0 Å². The number of rotatable bonds is 4. The Kier molecular flexibility index (Phi) is 4.67. The summed E-state index contributed by atoms with van der Waals surface area (Å²) in [5, 5.41) is 4.03. The molecule has 1 aliphatic heterocycles. The molecular formula is C23H21FN4O2. The minimum absolute atomic E-state index is 0.0853. The van der Waals surface area contributed by atoms with E-state index in [0.717, 1.165) is 28.5 Å². The maximum absolute atomic E-state index is 14.8. The van der Waals surface area contributed by atoms with Crippen LogP contribution >= 0.6 is 0 Å². The first-order valence-electron chi connectivity index (χ1n) is 9.95. The van der Waals surface area contributed by atoms with Crippen molar-refractivity contribution in [2.45, 2.75) is 19.4 Å². The van der Waals surface area contributed by atoms with Gasteiger partial charge in [-0.15, -0.1) is 0 Å². The molecule has 1 saturated heterocycles. The van der Waals surface area contributed by atoms with Crippen molar-refractivity contribution in [1.82, 2.24) is 19.7 Å². The first kappa shape index (κ1) is 18.7. The third-order valence-electron chi connectivity index (χ3n) is 5.66. The summed E-state index contributed by atoms with van der Waals surface area (Å²) in [5.74, 6) is -1.09. The Morgan fingerprint density at radius 1 is 1.23 bits per heavy atom. The van der Waals surface area contributed by atoms with Crippen molar-refractivity contribution in [3.05, 3.63) is 77.6 Å². The van der Waals surface area contributed by atoms with Crippen LogP contribution in [0.5, 0.6) is 0 Å². The largest absolute Gasteiger partial charge is 0.379 e. The summed E-state index contributed by atoms with van der Waals surface area (Å²) in [5.41, 5.74) is 3.20. The van der Waals surface area contributed by atoms with Gasteiger partial charge in [-0.25, -0.2) is 4.98 Å². The molecule has 1 amide bonds. The molecule has 7 heteroatoms. The fourth-order valence-corrected chi connectivity index (χ4v) is 4.08. The Balaban J connectivity index is 1.37. The van der Waals surface area contributed by atoms with Gasteiger partial charge in [0.1, 0.15) is 5.65 Å². The Morgan fingerprint density at radius 3 is 3.00 bits per heavy atom. The van der Waals surface area contributed by atoms with Gasteiger partial charge in [-0.3, -0.25) is 14.2 Å². The van der Waals surface area contributed by atoms with Crippen molar-refractivity contribution < 1.29 is 13.9 Å². The molecule has 0 bridgehead atoms. The highest BCUT2D eigenvalue weighted by Crippen LogP contribution is 2.24. The number of pyridine rings is 2. The topological polar surface area (TPSA) is 68.5 Å². The number of halogens is 1. The van der Waals surface area contributed by atoms with E-state index in [2.05, 4.69) is 21.4 Å². The monoisotopic (exact) mass is 404 g/mol. The van der Waals surface area contributed by atoms with E-state index < -0.39 is 11.9 Å². The molecule has 1 N–H and O–H groups in total. The van der Waals surface area contributed by atoms with E-state index in [1.807, 2.05) is 37.3 Å². The fraction of sp³-hybridized carbons (Fsp3) is 0.261. The smallest absolute Gasteiger partial charge is 0.274 e. The summed E-state index contributed by atoms with van der Waals surface area (Å²) in [6.45, 7) is 2.80. The molecule has 0 aliphatic carbocycles. The fourth-order valence-electron chi connectivity index (χ4n) is 4.08. The zero-order chi connectivity index (χ0) is 20.7. The van der Waals surface area contributed by atoms with Gasteiger partial charge in [0.2, 0.25) is 5.95 Å². The van der Waals surface area contributed by atoms with E-state index in [9.17, 15) is 9.18 Å². The van der Waals surface area contributed by atoms with E-state index in [4.69, 9.17) is 4.74 Å². The van der Waals surface area contributed by atoms with E-state index in [0.29, 0.717) is 18.9 Å². The maximum Gasteiger partial charge on any atom is 0.274 e. The number of aromatic nitrogens is 3. The van der Waals surface area contributed by atoms with Crippen molar-refractivity contribution in [2.75, 3.05) is 13.2 Å². The Morgan fingerprint density at radius 2 is 2.10 bits per heavy atom. The molecule has 2 atom stereocenters. The van der Waals surface area contributed by atoms with Crippen LogP contribution in [0.25, 0.3) is 16.6 Å². The lowest BCUT2D eigenvalue weighted by Gasteiger charge is -2.19. The van der Waals surface area contributed by atoms with Crippen LogP contribution in [0.15, 0.2) is 54.9 Å². The molecule has 0 radical (unpaired) electrons. The SMILES string of the molecule is Cc1ccc2nc(C(=O)N[C@@H]3COC[C@H]3Cc3ccnc4ccccc34)c(F)n2c1. The van der Waals surface area contributed by atoms with E-state index >= 15 is 0 Å².